The maximum atomic E-state index is 12.2. The van der Waals surface area contributed by atoms with E-state index in [1.54, 1.807) is 0 Å². The first-order valence-corrected chi connectivity index (χ1v) is 8.83. The summed E-state index contributed by atoms with van der Waals surface area (Å²) < 4.78 is 5.72. The van der Waals surface area contributed by atoms with Crippen LogP contribution in [0.4, 0.5) is 5.69 Å². The van der Waals surface area contributed by atoms with E-state index < -0.39 is 4.92 Å². The molecule has 1 N–H and O–H groups in total. The Bertz CT molecular complexity index is 780. The van der Waals surface area contributed by atoms with Crippen molar-refractivity contribution in [3.05, 3.63) is 68.7 Å². The van der Waals surface area contributed by atoms with E-state index in [0.717, 1.165) is 30.6 Å². The molecule has 7 heteroatoms. The minimum absolute atomic E-state index is 0.0648. The summed E-state index contributed by atoms with van der Waals surface area (Å²) >= 11 is 5.96. The first-order chi connectivity index (χ1) is 12.5. The molecule has 0 spiro atoms. The predicted molar refractivity (Wildman–Crippen MR) is 101 cm³/mol. The van der Waals surface area contributed by atoms with Crippen LogP contribution in [0.5, 0.6) is 5.75 Å². The van der Waals surface area contributed by atoms with Crippen molar-refractivity contribution in [1.29, 1.82) is 0 Å². The maximum absolute atomic E-state index is 12.2. The maximum Gasteiger partial charge on any atom is 0.270 e. The number of benzene rings is 2. The van der Waals surface area contributed by atoms with Gasteiger partial charge in [-0.25, -0.2) is 0 Å². The highest BCUT2D eigenvalue weighted by atomic mass is 35.5. The van der Waals surface area contributed by atoms with Gasteiger partial charge in [0.1, 0.15) is 5.75 Å². The number of amides is 1. The van der Waals surface area contributed by atoms with Gasteiger partial charge in [-0.2, -0.15) is 0 Å². The number of ether oxygens (including phenoxy) is 1. The molecule has 0 radical (unpaired) electrons. The lowest BCUT2D eigenvalue weighted by atomic mass is 10.1. The summed E-state index contributed by atoms with van der Waals surface area (Å²) in [6, 6.07) is 11.7. The van der Waals surface area contributed by atoms with Crippen molar-refractivity contribution in [2.75, 3.05) is 13.2 Å². The number of rotatable bonds is 9. The molecular weight excluding hydrogens is 356 g/mol. The Morgan fingerprint density at radius 3 is 2.73 bits per heavy atom. The van der Waals surface area contributed by atoms with Crippen LogP contribution < -0.4 is 10.1 Å². The van der Waals surface area contributed by atoms with Crippen molar-refractivity contribution < 1.29 is 14.5 Å². The molecule has 0 saturated heterocycles. The van der Waals surface area contributed by atoms with Crippen LogP contribution in [0.15, 0.2) is 42.5 Å². The van der Waals surface area contributed by atoms with E-state index in [-0.39, 0.29) is 22.2 Å². The Labute approximate surface area is 157 Å². The highest BCUT2D eigenvalue weighted by Gasteiger charge is 2.14. The topological polar surface area (TPSA) is 81.5 Å². The fraction of sp³-hybridized carbons (Fsp3) is 0.316. The van der Waals surface area contributed by atoms with Gasteiger partial charge in [0.25, 0.3) is 11.6 Å². The predicted octanol–water partition coefficient (Wildman–Crippen LogP) is 4.40. The van der Waals surface area contributed by atoms with Gasteiger partial charge in [0, 0.05) is 18.7 Å². The number of aryl methyl sites for hydroxylation is 1. The number of nitrogens with one attached hydrogen (secondary N) is 1. The molecule has 2 aromatic rings. The Hall–Kier alpha value is -2.60. The van der Waals surface area contributed by atoms with Crippen molar-refractivity contribution in [2.24, 2.45) is 0 Å². The summed E-state index contributed by atoms with van der Waals surface area (Å²) in [5.74, 6) is 0.527. The number of nitro groups is 1. The van der Waals surface area contributed by atoms with E-state index >= 15 is 0 Å². The van der Waals surface area contributed by atoms with Crippen LogP contribution in [0.25, 0.3) is 0 Å². The third kappa shape index (κ3) is 5.46. The average molecular weight is 377 g/mol. The van der Waals surface area contributed by atoms with Gasteiger partial charge < -0.3 is 10.1 Å². The summed E-state index contributed by atoms with van der Waals surface area (Å²) in [7, 11) is 0. The molecule has 1 amide bonds. The number of non-ortho nitro benzene ring substituents is 1. The standard InChI is InChI=1S/C19H21ClN2O4/c1-2-12-26-18-8-4-3-6-14(18)7-5-11-21-19(23)16-10-9-15(22(24)25)13-17(16)20/h3-4,6,8-10,13H,2,5,7,11-12H2,1H3,(H,21,23). The van der Waals surface area contributed by atoms with Crippen molar-refractivity contribution in [3.63, 3.8) is 0 Å². The first-order valence-electron chi connectivity index (χ1n) is 8.45. The van der Waals surface area contributed by atoms with Gasteiger partial charge in [-0.05, 0) is 37.0 Å². The quantitative estimate of drug-likeness (QED) is 0.399. The lowest BCUT2D eigenvalue weighted by Crippen LogP contribution is -2.25. The smallest absolute Gasteiger partial charge is 0.270 e. The SMILES string of the molecule is CCCOc1ccccc1CCCNC(=O)c1ccc([N+](=O)[O-])cc1Cl. The number of nitro benzene ring substituents is 1. The normalized spacial score (nSPS) is 10.4. The second kappa shape index (κ2) is 9.77. The third-order valence-electron chi connectivity index (χ3n) is 3.75. The van der Waals surface area contributed by atoms with Crippen molar-refractivity contribution in [3.8, 4) is 5.75 Å². The number of halogens is 1. The van der Waals surface area contributed by atoms with Crippen LogP contribution >= 0.6 is 11.6 Å². The van der Waals surface area contributed by atoms with Gasteiger partial charge in [-0.15, -0.1) is 0 Å². The molecule has 6 nitrogen and oxygen atoms in total. The minimum atomic E-state index is -0.550. The van der Waals surface area contributed by atoms with Gasteiger partial charge in [0.2, 0.25) is 0 Å². The summed E-state index contributed by atoms with van der Waals surface area (Å²) in [5, 5.41) is 13.6. The van der Waals surface area contributed by atoms with E-state index in [4.69, 9.17) is 16.3 Å². The molecule has 2 aromatic carbocycles. The van der Waals surface area contributed by atoms with Crippen molar-refractivity contribution in [2.45, 2.75) is 26.2 Å². The zero-order chi connectivity index (χ0) is 18.9. The molecule has 138 valence electrons. The van der Waals surface area contributed by atoms with Crippen molar-refractivity contribution >= 4 is 23.2 Å². The summed E-state index contributed by atoms with van der Waals surface area (Å²) in [5.41, 5.74) is 1.18. The van der Waals surface area contributed by atoms with E-state index in [1.807, 2.05) is 24.3 Å². The summed E-state index contributed by atoms with van der Waals surface area (Å²) in [6.07, 6.45) is 2.46. The fourth-order valence-electron chi connectivity index (χ4n) is 2.44. The Balaban J connectivity index is 1.87. The zero-order valence-corrected chi connectivity index (χ0v) is 15.3. The van der Waals surface area contributed by atoms with Crippen LogP contribution in [-0.4, -0.2) is 24.0 Å². The molecule has 0 heterocycles. The zero-order valence-electron chi connectivity index (χ0n) is 14.5. The highest BCUT2D eigenvalue weighted by molar-refractivity contribution is 6.34. The van der Waals surface area contributed by atoms with Gasteiger partial charge in [-0.3, -0.25) is 14.9 Å². The molecule has 2 rings (SSSR count). The number of para-hydroxylation sites is 1. The Morgan fingerprint density at radius 1 is 1.27 bits per heavy atom. The molecule has 26 heavy (non-hydrogen) atoms. The average Bonchev–Trinajstić information content (AvgIpc) is 2.63. The number of nitrogens with zero attached hydrogens (tertiary/aromatic N) is 1. The third-order valence-corrected chi connectivity index (χ3v) is 4.06. The second-order valence-electron chi connectivity index (χ2n) is 5.74. The molecule has 0 saturated carbocycles. The van der Waals surface area contributed by atoms with E-state index in [0.29, 0.717) is 13.2 Å². The van der Waals surface area contributed by atoms with Crippen LogP contribution in [-0.2, 0) is 6.42 Å². The molecule has 0 atom stereocenters. The van der Waals surface area contributed by atoms with Crippen LogP contribution in [0, 0.1) is 10.1 Å². The molecule has 0 fully saturated rings. The molecular formula is C19H21ClN2O4. The van der Waals surface area contributed by atoms with Gasteiger partial charge in [0.05, 0.1) is 22.1 Å². The van der Waals surface area contributed by atoms with Gasteiger partial charge >= 0.3 is 0 Å². The largest absolute Gasteiger partial charge is 0.493 e. The molecule has 0 aliphatic heterocycles. The van der Waals surface area contributed by atoms with Crippen molar-refractivity contribution in [1.82, 2.24) is 5.32 Å². The minimum Gasteiger partial charge on any atom is -0.493 e. The molecule has 0 aromatic heterocycles. The van der Waals surface area contributed by atoms with Gasteiger partial charge in [0.15, 0.2) is 0 Å². The summed E-state index contributed by atoms with van der Waals surface area (Å²) in [4.78, 5) is 22.3. The molecule has 0 unspecified atom stereocenters. The molecule has 0 bridgehead atoms. The molecule has 0 aliphatic rings. The fourth-order valence-corrected chi connectivity index (χ4v) is 2.70. The van der Waals surface area contributed by atoms with Crippen LogP contribution in [0.1, 0.15) is 35.7 Å². The van der Waals surface area contributed by atoms with Gasteiger partial charge in [-0.1, -0.05) is 36.7 Å². The lowest BCUT2D eigenvalue weighted by molar-refractivity contribution is -0.384. The van der Waals surface area contributed by atoms with Crippen LogP contribution in [0.3, 0.4) is 0 Å². The highest BCUT2D eigenvalue weighted by Crippen LogP contribution is 2.22. The Kier molecular flexibility index (Phi) is 7.41. The first kappa shape index (κ1) is 19.7. The monoisotopic (exact) mass is 376 g/mol. The lowest BCUT2D eigenvalue weighted by Gasteiger charge is -2.11. The number of carbonyl (C=O) groups is 1. The van der Waals surface area contributed by atoms with E-state index in [2.05, 4.69) is 12.2 Å². The number of hydrogen-bond donors (Lipinski definition) is 1. The van der Waals surface area contributed by atoms with E-state index in [1.165, 1.54) is 18.2 Å². The van der Waals surface area contributed by atoms with Crippen LogP contribution in [0.2, 0.25) is 5.02 Å². The number of carbonyl (C=O) groups excluding carboxylic acids is 1. The second-order valence-corrected chi connectivity index (χ2v) is 6.14. The Morgan fingerprint density at radius 2 is 2.04 bits per heavy atom. The number of hydrogen-bond acceptors (Lipinski definition) is 4. The van der Waals surface area contributed by atoms with E-state index in [9.17, 15) is 14.9 Å². The molecule has 0 aliphatic carbocycles. The summed E-state index contributed by atoms with van der Waals surface area (Å²) in [6.45, 7) is 3.20.